The lowest BCUT2D eigenvalue weighted by Gasteiger charge is -2.43. The maximum Gasteiger partial charge on any atom is 0.433 e. The molecule has 0 spiro atoms. The SMILES string of the molecule is COc1cc(C2(C(=O)O)CC(C)C2)cc(C(F)(F)F)n1. The molecule has 1 aromatic heterocycles. The highest BCUT2D eigenvalue weighted by molar-refractivity contribution is 5.83. The lowest BCUT2D eigenvalue weighted by atomic mass is 9.59. The summed E-state index contributed by atoms with van der Waals surface area (Å²) in [5, 5.41) is 9.37. The molecule has 1 fully saturated rings. The molecule has 7 heteroatoms. The molecule has 0 radical (unpaired) electrons. The predicted octanol–water partition coefficient (Wildman–Crippen LogP) is 2.86. The van der Waals surface area contributed by atoms with Crippen molar-refractivity contribution in [1.82, 2.24) is 4.98 Å². The molecule has 0 aromatic carbocycles. The second kappa shape index (κ2) is 4.64. The molecule has 1 aliphatic rings. The molecule has 0 amide bonds. The van der Waals surface area contributed by atoms with Crippen LogP contribution in [0.5, 0.6) is 5.88 Å². The van der Waals surface area contributed by atoms with Gasteiger partial charge in [-0.2, -0.15) is 13.2 Å². The Morgan fingerprint density at radius 3 is 2.45 bits per heavy atom. The Balaban J connectivity index is 2.53. The summed E-state index contributed by atoms with van der Waals surface area (Å²) in [6.07, 6.45) is -4.02. The van der Waals surface area contributed by atoms with E-state index in [0.29, 0.717) is 12.8 Å². The topological polar surface area (TPSA) is 59.4 Å². The summed E-state index contributed by atoms with van der Waals surface area (Å²) in [5.74, 6) is -1.17. The molecule has 2 rings (SSSR count). The highest BCUT2D eigenvalue weighted by atomic mass is 19.4. The maximum atomic E-state index is 12.8. The van der Waals surface area contributed by atoms with Gasteiger partial charge in [0.15, 0.2) is 0 Å². The second-order valence-electron chi connectivity index (χ2n) is 5.18. The van der Waals surface area contributed by atoms with Crippen molar-refractivity contribution in [3.8, 4) is 5.88 Å². The number of aromatic nitrogens is 1. The fourth-order valence-electron chi connectivity index (χ4n) is 2.70. The lowest BCUT2D eigenvalue weighted by Crippen LogP contribution is -2.47. The smallest absolute Gasteiger partial charge is 0.433 e. The van der Waals surface area contributed by atoms with Crippen molar-refractivity contribution in [1.29, 1.82) is 0 Å². The van der Waals surface area contributed by atoms with E-state index in [2.05, 4.69) is 4.98 Å². The first kappa shape index (κ1) is 14.6. The fourth-order valence-corrected chi connectivity index (χ4v) is 2.70. The van der Waals surface area contributed by atoms with Crippen LogP contribution in [0.1, 0.15) is 31.0 Å². The molecule has 1 heterocycles. The molecule has 4 nitrogen and oxygen atoms in total. The Kier molecular flexibility index (Phi) is 3.39. The maximum absolute atomic E-state index is 12.8. The van der Waals surface area contributed by atoms with E-state index < -0.39 is 23.3 Å². The van der Waals surface area contributed by atoms with Crippen LogP contribution in [0.3, 0.4) is 0 Å². The van der Waals surface area contributed by atoms with E-state index in [1.165, 1.54) is 13.2 Å². The number of rotatable bonds is 3. The number of aliphatic carboxylic acids is 1. The number of pyridine rings is 1. The minimum Gasteiger partial charge on any atom is -0.481 e. The van der Waals surface area contributed by atoms with Gasteiger partial charge in [-0.1, -0.05) is 6.92 Å². The van der Waals surface area contributed by atoms with Crippen LogP contribution >= 0.6 is 0 Å². The van der Waals surface area contributed by atoms with Gasteiger partial charge in [0.1, 0.15) is 5.69 Å². The number of carboxylic acid groups (broad SMARTS) is 1. The number of hydrogen-bond acceptors (Lipinski definition) is 3. The van der Waals surface area contributed by atoms with Gasteiger partial charge in [0.05, 0.1) is 12.5 Å². The van der Waals surface area contributed by atoms with Gasteiger partial charge >= 0.3 is 12.1 Å². The fraction of sp³-hybridized carbons (Fsp3) is 0.538. The normalized spacial score (nSPS) is 25.9. The first-order chi connectivity index (χ1) is 9.19. The Bertz CT molecular complexity index is 536. The third-order valence-electron chi connectivity index (χ3n) is 3.66. The average molecular weight is 289 g/mol. The zero-order valence-corrected chi connectivity index (χ0v) is 11.0. The summed E-state index contributed by atoms with van der Waals surface area (Å²) in [4.78, 5) is 14.8. The molecule has 1 N–H and O–H groups in total. The van der Waals surface area contributed by atoms with Crippen molar-refractivity contribution in [2.75, 3.05) is 7.11 Å². The number of alkyl halides is 3. The quantitative estimate of drug-likeness (QED) is 0.929. The Morgan fingerprint density at radius 1 is 1.45 bits per heavy atom. The summed E-state index contributed by atoms with van der Waals surface area (Å²) in [7, 11) is 1.20. The standard InChI is InChI=1S/C13H14F3NO3/c1-7-5-12(6-7,11(18)19)8-3-9(13(14,15)16)17-10(4-8)20-2/h3-4,7H,5-6H2,1-2H3,(H,18,19). The molecule has 0 aliphatic heterocycles. The third kappa shape index (κ3) is 2.32. The van der Waals surface area contributed by atoms with Gasteiger partial charge in [0, 0.05) is 6.07 Å². The van der Waals surface area contributed by atoms with E-state index in [9.17, 15) is 23.1 Å². The Hall–Kier alpha value is -1.79. The minimum absolute atomic E-state index is 0.0993. The number of carboxylic acids is 1. The van der Waals surface area contributed by atoms with Crippen LogP contribution in [0.4, 0.5) is 13.2 Å². The van der Waals surface area contributed by atoms with E-state index in [1.54, 1.807) is 0 Å². The first-order valence-electron chi connectivity index (χ1n) is 6.06. The van der Waals surface area contributed by atoms with Gasteiger partial charge < -0.3 is 9.84 Å². The average Bonchev–Trinajstić information content (AvgIpc) is 2.32. The van der Waals surface area contributed by atoms with E-state index >= 15 is 0 Å². The molecule has 1 saturated carbocycles. The number of hydrogen-bond donors (Lipinski definition) is 1. The van der Waals surface area contributed by atoms with Crippen LogP contribution in [-0.2, 0) is 16.4 Å². The monoisotopic (exact) mass is 289 g/mol. The first-order valence-corrected chi connectivity index (χ1v) is 6.06. The van der Waals surface area contributed by atoms with Crippen LogP contribution in [0.2, 0.25) is 0 Å². The molecule has 1 aliphatic carbocycles. The Morgan fingerprint density at radius 2 is 2.05 bits per heavy atom. The molecule has 20 heavy (non-hydrogen) atoms. The molecular formula is C13H14F3NO3. The van der Waals surface area contributed by atoms with E-state index in [-0.39, 0.29) is 17.4 Å². The molecule has 0 bridgehead atoms. The van der Waals surface area contributed by atoms with Crippen molar-refractivity contribution >= 4 is 5.97 Å². The zero-order valence-electron chi connectivity index (χ0n) is 11.0. The highest BCUT2D eigenvalue weighted by Gasteiger charge is 2.51. The van der Waals surface area contributed by atoms with Crippen molar-refractivity contribution in [2.45, 2.75) is 31.4 Å². The van der Waals surface area contributed by atoms with Crippen LogP contribution in [0, 0.1) is 5.92 Å². The van der Waals surface area contributed by atoms with Crippen LogP contribution in [-0.4, -0.2) is 23.2 Å². The van der Waals surface area contributed by atoms with Gasteiger partial charge in [0.2, 0.25) is 5.88 Å². The number of ether oxygens (including phenoxy) is 1. The van der Waals surface area contributed by atoms with Crippen LogP contribution in [0.25, 0.3) is 0 Å². The van der Waals surface area contributed by atoms with Gasteiger partial charge in [-0.15, -0.1) is 0 Å². The lowest BCUT2D eigenvalue weighted by molar-refractivity contribution is -0.150. The summed E-state index contributed by atoms with van der Waals surface area (Å²) < 4.78 is 43.2. The van der Waals surface area contributed by atoms with Gasteiger partial charge in [-0.3, -0.25) is 4.79 Å². The highest BCUT2D eigenvalue weighted by Crippen LogP contribution is 2.49. The van der Waals surface area contributed by atoms with Gasteiger partial charge in [0.25, 0.3) is 0 Å². The van der Waals surface area contributed by atoms with Crippen molar-refractivity contribution in [2.24, 2.45) is 5.92 Å². The van der Waals surface area contributed by atoms with Gasteiger partial charge in [-0.05, 0) is 30.4 Å². The molecule has 0 saturated heterocycles. The van der Waals surface area contributed by atoms with Crippen molar-refractivity contribution < 1.29 is 27.8 Å². The predicted molar refractivity (Wildman–Crippen MR) is 63.5 cm³/mol. The van der Waals surface area contributed by atoms with E-state index in [0.717, 1.165) is 6.07 Å². The Labute approximate surface area is 113 Å². The summed E-state index contributed by atoms with van der Waals surface area (Å²) in [6.45, 7) is 1.87. The van der Waals surface area contributed by atoms with E-state index in [1.807, 2.05) is 6.92 Å². The number of carbonyl (C=O) groups is 1. The van der Waals surface area contributed by atoms with Gasteiger partial charge in [-0.25, -0.2) is 4.98 Å². The summed E-state index contributed by atoms with van der Waals surface area (Å²) in [5.41, 5.74) is -2.30. The molecular weight excluding hydrogens is 275 g/mol. The number of nitrogens with zero attached hydrogens (tertiary/aromatic N) is 1. The van der Waals surface area contributed by atoms with Crippen molar-refractivity contribution in [3.63, 3.8) is 0 Å². The third-order valence-corrected chi connectivity index (χ3v) is 3.66. The minimum atomic E-state index is -4.64. The zero-order chi connectivity index (χ0) is 15.1. The number of halogens is 3. The number of methoxy groups -OCH3 is 1. The largest absolute Gasteiger partial charge is 0.481 e. The molecule has 0 unspecified atom stereocenters. The van der Waals surface area contributed by atoms with Crippen molar-refractivity contribution in [3.05, 3.63) is 23.4 Å². The summed E-state index contributed by atoms with van der Waals surface area (Å²) >= 11 is 0. The summed E-state index contributed by atoms with van der Waals surface area (Å²) in [6, 6.07) is 2.08. The van der Waals surface area contributed by atoms with E-state index in [4.69, 9.17) is 4.74 Å². The second-order valence-corrected chi connectivity index (χ2v) is 5.18. The molecule has 0 atom stereocenters. The van der Waals surface area contributed by atoms with Crippen LogP contribution in [0.15, 0.2) is 12.1 Å². The van der Waals surface area contributed by atoms with Crippen LogP contribution < -0.4 is 4.74 Å². The molecule has 110 valence electrons. The molecule has 1 aromatic rings.